The Morgan fingerprint density at radius 3 is 2.67 bits per heavy atom. The maximum Gasteiger partial charge on any atom is 0.250 e. The Bertz CT molecular complexity index is 374. The second kappa shape index (κ2) is 5.29. The molecule has 0 aliphatic carbocycles. The van der Waals surface area contributed by atoms with E-state index >= 15 is 0 Å². The normalized spacial score (nSPS) is 10.6. The second-order valence-electron chi connectivity index (χ2n) is 3.03. The number of para-hydroxylation sites is 1. The van der Waals surface area contributed by atoms with Gasteiger partial charge >= 0.3 is 0 Å². The Hall–Kier alpha value is -1.64. The van der Waals surface area contributed by atoms with Crippen LogP contribution in [0.1, 0.15) is 13.8 Å². The summed E-state index contributed by atoms with van der Waals surface area (Å²) in [4.78, 5) is 13.0. The van der Waals surface area contributed by atoms with Crippen LogP contribution in [0, 0.1) is 5.82 Å². The van der Waals surface area contributed by atoms with Gasteiger partial charge in [-0.1, -0.05) is 18.2 Å². The first-order chi connectivity index (χ1) is 7.20. The molecule has 0 N–H and O–H groups in total. The van der Waals surface area contributed by atoms with Crippen molar-refractivity contribution in [3.05, 3.63) is 42.2 Å². The fourth-order valence-corrected chi connectivity index (χ4v) is 1.35. The first-order valence-electron chi connectivity index (χ1n) is 4.89. The minimum Gasteiger partial charge on any atom is -0.306 e. The Kier molecular flexibility index (Phi) is 4.03. The van der Waals surface area contributed by atoms with E-state index in [1.54, 1.807) is 31.2 Å². The predicted molar refractivity (Wildman–Crippen MR) is 59.2 cm³/mol. The molecule has 1 amide bonds. The molecule has 0 aromatic heterocycles. The Morgan fingerprint density at radius 1 is 1.47 bits per heavy atom. The van der Waals surface area contributed by atoms with Crippen molar-refractivity contribution in [2.45, 2.75) is 13.8 Å². The van der Waals surface area contributed by atoms with Crippen molar-refractivity contribution in [3.8, 4) is 0 Å². The standard InChI is InChI=1S/C12H14FNO/c1-3-7-12(15)14(4-2)11-9-6-5-8-10(11)13/h3,5-9H,4H2,1-2H3. The Balaban J connectivity index is 3.02. The van der Waals surface area contributed by atoms with Gasteiger partial charge in [-0.25, -0.2) is 4.39 Å². The van der Waals surface area contributed by atoms with Crippen molar-refractivity contribution in [3.63, 3.8) is 0 Å². The minimum atomic E-state index is -0.378. The molecule has 0 atom stereocenters. The van der Waals surface area contributed by atoms with E-state index in [0.29, 0.717) is 12.2 Å². The number of hydrogen-bond acceptors (Lipinski definition) is 1. The highest BCUT2D eigenvalue weighted by molar-refractivity contribution is 6.01. The lowest BCUT2D eigenvalue weighted by Crippen LogP contribution is -2.29. The van der Waals surface area contributed by atoms with Crippen LogP contribution in [0.15, 0.2) is 36.4 Å². The molecule has 1 rings (SSSR count). The van der Waals surface area contributed by atoms with Gasteiger partial charge in [-0.2, -0.15) is 0 Å². The third-order valence-corrected chi connectivity index (χ3v) is 2.03. The molecule has 0 fully saturated rings. The van der Waals surface area contributed by atoms with Gasteiger partial charge in [0.05, 0.1) is 5.69 Å². The smallest absolute Gasteiger partial charge is 0.250 e. The molecule has 0 aliphatic heterocycles. The van der Waals surface area contributed by atoms with Crippen molar-refractivity contribution in [2.75, 3.05) is 11.4 Å². The van der Waals surface area contributed by atoms with E-state index in [9.17, 15) is 9.18 Å². The summed E-state index contributed by atoms with van der Waals surface area (Å²) in [5.41, 5.74) is 0.322. The number of nitrogens with zero attached hydrogens (tertiary/aromatic N) is 1. The van der Waals surface area contributed by atoms with Crippen LogP contribution < -0.4 is 4.90 Å². The summed E-state index contributed by atoms with van der Waals surface area (Å²) in [6.07, 6.45) is 3.07. The molecule has 0 radical (unpaired) electrons. The molecule has 1 aromatic carbocycles. The highest BCUT2D eigenvalue weighted by Gasteiger charge is 2.13. The molecule has 0 saturated heterocycles. The van der Waals surface area contributed by atoms with Gasteiger partial charge in [0.25, 0.3) is 5.91 Å². The molecule has 0 saturated carbocycles. The average Bonchev–Trinajstić information content (AvgIpc) is 2.22. The van der Waals surface area contributed by atoms with Gasteiger partial charge in [-0.3, -0.25) is 4.79 Å². The van der Waals surface area contributed by atoms with E-state index in [1.807, 2.05) is 6.92 Å². The number of anilines is 1. The predicted octanol–water partition coefficient (Wildman–Crippen LogP) is 2.75. The maximum absolute atomic E-state index is 13.4. The number of carbonyl (C=O) groups is 1. The van der Waals surface area contributed by atoms with Crippen molar-refractivity contribution >= 4 is 11.6 Å². The van der Waals surface area contributed by atoms with E-state index in [4.69, 9.17) is 0 Å². The SMILES string of the molecule is CC=CC(=O)N(CC)c1ccccc1F. The van der Waals surface area contributed by atoms with Crippen LogP contribution in [0.3, 0.4) is 0 Å². The van der Waals surface area contributed by atoms with E-state index in [2.05, 4.69) is 0 Å². The van der Waals surface area contributed by atoms with Crippen molar-refractivity contribution in [1.82, 2.24) is 0 Å². The summed E-state index contributed by atoms with van der Waals surface area (Å²) in [6, 6.07) is 6.26. The lowest BCUT2D eigenvalue weighted by molar-refractivity contribution is -0.114. The van der Waals surface area contributed by atoms with Gasteiger partial charge < -0.3 is 4.90 Å². The van der Waals surface area contributed by atoms with Crippen LogP contribution in [0.2, 0.25) is 0 Å². The lowest BCUT2D eigenvalue weighted by Gasteiger charge is -2.19. The Labute approximate surface area is 89.0 Å². The number of hydrogen-bond donors (Lipinski definition) is 0. The van der Waals surface area contributed by atoms with Crippen LogP contribution in [0.25, 0.3) is 0 Å². The van der Waals surface area contributed by atoms with Gasteiger partial charge in [-0.15, -0.1) is 0 Å². The molecule has 15 heavy (non-hydrogen) atoms. The minimum absolute atomic E-state index is 0.204. The van der Waals surface area contributed by atoms with Gasteiger partial charge in [0.2, 0.25) is 0 Å². The van der Waals surface area contributed by atoms with E-state index in [0.717, 1.165) is 0 Å². The third-order valence-electron chi connectivity index (χ3n) is 2.03. The van der Waals surface area contributed by atoms with Crippen LogP contribution in [0.4, 0.5) is 10.1 Å². The summed E-state index contributed by atoms with van der Waals surface area (Å²) in [6.45, 7) is 4.02. The highest BCUT2D eigenvalue weighted by atomic mass is 19.1. The van der Waals surface area contributed by atoms with E-state index < -0.39 is 0 Å². The second-order valence-corrected chi connectivity index (χ2v) is 3.03. The van der Waals surface area contributed by atoms with Crippen molar-refractivity contribution in [2.24, 2.45) is 0 Å². The van der Waals surface area contributed by atoms with Crippen molar-refractivity contribution < 1.29 is 9.18 Å². The first kappa shape index (κ1) is 11.4. The van der Waals surface area contributed by atoms with Crippen LogP contribution in [-0.4, -0.2) is 12.5 Å². The van der Waals surface area contributed by atoms with Gasteiger partial charge in [-0.05, 0) is 32.1 Å². The number of carbonyl (C=O) groups excluding carboxylic acids is 1. The summed E-state index contributed by atoms with van der Waals surface area (Å²) in [5.74, 6) is -0.581. The van der Waals surface area contributed by atoms with E-state index in [1.165, 1.54) is 17.0 Å². The average molecular weight is 207 g/mol. The summed E-state index contributed by atoms with van der Waals surface area (Å²) in [7, 11) is 0. The first-order valence-corrected chi connectivity index (χ1v) is 4.89. The molecule has 0 heterocycles. The van der Waals surface area contributed by atoms with Crippen LogP contribution >= 0.6 is 0 Å². The van der Waals surface area contributed by atoms with Gasteiger partial charge in [0.1, 0.15) is 5.82 Å². The zero-order valence-electron chi connectivity index (χ0n) is 8.90. The number of rotatable bonds is 3. The molecular weight excluding hydrogens is 193 g/mol. The molecular formula is C12H14FNO. The molecule has 3 heteroatoms. The molecule has 1 aromatic rings. The van der Waals surface area contributed by atoms with Gasteiger partial charge in [0.15, 0.2) is 0 Å². The van der Waals surface area contributed by atoms with E-state index in [-0.39, 0.29) is 11.7 Å². The topological polar surface area (TPSA) is 20.3 Å². The Morgan fingerprint density at radius 2 is 2.13 bits per heavy atom. The summed E-state index contributed by atoms with van der Waals surface area (Å²) in [5, 5.41) is 0. The quantitative estimate of drug-likeness (QED) is 0.698. The largest absolute Gasteiger partial charge is 0.306 e. The molecule has 0 spiro atoms. The number of halogens is 1. The summed E-state index contributed by atoms with van der Waals surface area (Å²) < 4.78 is 13.4. The fourth-order valence-electron chi connectivity index (χ4n) is 1.35. The number of amides is 1. The van der Waals surface area contributed by atoms with Crippen LogP contribution in [0.5, 0.6) is 0 Å². The number of allylic oxidation sites excluding steroid dienone is 1. The summed E-state index contributed by atoms with van der Waals surface area (Å²) >= 11 is 0. The third kappa shape index (κ3) is 2.65. The zero-order valence-corrected chi connectivity index (χ0v) is 8.90. The zero-order chi connectivity index (χ0) is 11.3. The van der Waals surface area contributed by atoms with Gasteiger partial charge in [0, 0.05) is 6.54 Å². The molecule has 80 valence electrons. The lowest BCUT2D eigenvalue weighted by atomic mass is 10.2. The van der Waals surface area contributed by atoms with Crippen molar-refractivity contribution in [1.29, 1.82) is 0 Å². The molecule has 0 bridgehead atoms. The maximum atomic E-state index is 13.4. The molecule has 2 nitrogen and oxygen atoms in total. The highest BCUT2D eigenvalue weighted by Crippen LogP contribution is 2.18. The number of likely N-dealkylation sites (N-methyl/N-ethyl adjacent to an activating group) is 1. The monoisotopic (exact) mass is 207 g/mol. The molecule has 0 aliphatic rings. The molecule has 0 unspecified atom stereocenters. The number of benzene rings is 1. The fraction of sp³-hybridized carbons (Fsp3) is 0.250. The van der Waals surface area contributed by atoms with Crippen LogP contribution in [-0.2, 0) is 4.79 Å².